The third-order valence-electron chi connectivity index (χ3n) is 4.36. The SMILES string of the molecule is Cc1cccc(CNC(=O)C2(C(=O)Nc3c(F)cccc3F)CC2)c1. The highest BCUT2D eigenvalue weighted by molar-refractivity contribution is 6.13. The first-order valence-electron chi connectivity index (χ1n) is 8.02. The van der Waals surface area contributed by atoms with Crippen molar-refractivity contribution in [3.8, 4) is 0 Å². The maximum absolute atomic E-state index is 13.7. The van der Waals surface area contributed by atoms with Crippen LogP contribution in [0.25, 0.3) is 0 Å². The molecule has 1 fully saturated rings. The van der Waals surface area contributed by atoms with Gasteiger partial charge in [0.15, 0.2) is 0 Å². The van der Waals surface area contributed by atoms with Crippen molar-refractivity contribution in [2.75, 3.05) is 5.32 Å². The zero-order valence-electron chi connectivity index (χ0n) is 13.7. The van der Waals surface area contributed by atoms with Gasteiger partial charge in [0, 0.05) is 6.54 Å². The number of anilines is 1. The molecule has 2 amide bonds. The summed E-state index contributed by atoms with van der Waals surface area (Å²) in [7, 11) is 0. The minimum atomic E-state index is -1.25. The number of amides is 2. The van der Waals surface area contributed by atoms with Gasteiger partial charge in [0.25, 0.3) is 0 Å². The predicted molar refractivity (Wildman–Crippen MR) is 89.7 cm³/mol. The zero-order valence-corrected chi connectivity index (χ0v) is 13.7. The second-order valence-corrected chi connectivity index (χ2v) is 6.30. The maximum Gasteiger partial charge on any atom is 0.240 e. The summed E-state index contributed by atoms with van der Waals surface area (Å²) in [5.41, 5.74) is 0.217. The third kappa shape index (κ3) is 3.52. The topological polar surface area (TPSA) is 58.2 Å². The molecule has 3 rings (SSSR count). The fourth-order valence-electron chi connectivity index (χ4n) is 2.71. The Labute approximate surface area is 144 Å². The number of hydrogen-bond donors (Lipinski definition) is 2. The van der Waals surface area contributed by atoms with Crippen molar-refractivity contribution in [1.82, 2.24) is 5.32 Å². The van der Waals surface area contributed by atoms with Crippen molar-refractivity contribution in [1.29, 1.82) is 0 Å². The third-order valence-corrected chi connectivity index (χ3v) is 4.36. The lowest BCUT2D eigenvalue weighted by atomic mass is 10.0. The van der Waals surface area contributed by atoms with Crippen LogP contribution < -0.4 is 10.6 Å². The molecule has 0 atom stereocenters. The fraction of sp³-hybridized carbons (Fsp3) is 0.263. The van der Waals surface area contributed by atoms with Crippen molar-refractivity contribution in [2.45, 2.75) is 26.3 Å². The van der Waals surface area contributed by atoms with Gasteiger partial charge in [-0.1, -0.05) is 35.9 Å². The van der Waals surface area contributed by atoms with Gasteiger partial charge in [-0.2, -0.15) is 0 Å². The van der Waals surface area contributed by atoms with Crippen LogP contribution in [0.5, 0.6) is 0 Å². The normalized spacial score (nSPS) is 14.7. The predicted octanol–water partition coefficient (Wildman–Crippen LogP) is 3.31. The number of rotatable bonds is 5. The van der Waals surface area contributed by atoms with Gasteiger partial charge in [-0.25, -0.2) is 8.78 Å². The van der Waals surface area contributed by atoms with E-state index in [1.807, 2.05) is 31.2 Å². The second kappa shape index (κ2) is 6.63. The van der Waals surface area contributed by atoms with E-state index >= 15 is 0 Å². The monoisotopic (exact) mass is 344 g/mol. The van der Waals surface area contributed by atoms with E-state index < -0.39 is 34.6 Å². The first kappa shape index (κ1) is 17.1. The minimum Gasteiger partial charge on any atom is -0.351 e. The Kier molecular flexibility index (Phi) is 4.53. The van der Waals surface area contributed by atoms with E-state index in [4.69, 9.17) is 0 Å². The van der Waals surface area contributed by atoms with Crippen molar-refractivity contribution in [3.63, 3.8) is 0 Å². The van der Waals surface area contributed by atoms with Gasteiger partial charge in [0.2, 0.25) is 11.8 Å². The Hall–Kier alpha value is -2.76. The molecule has 4 nitrogen and oxygen atoms in total. The smallest absolute Gasteiger partial charge is 0.240 e. The van der Waals surface area contributed by atoms with Crippen LogP contribution >= 0.6 is 0 Å². The van der Waals surface area contributed by atoms with Gasteiger partial charge in [0.1, 0.15) is 22.7 Å². The number of nitrogens with one attached hydrogen (secondary N) is 2. The molecule has 0 unspecified atom stereocenters. The standard InChI is InChI=1S/C19H18F2N2O2/c1-12-4-2-5-13(10-12)11-22-17(24)19(8-9-19)18(25)23-16-14(20)6-3-7-15(16)21/h2-7,10H,8-9,11H2,1H3,(H,22,24)(H,23,25). The van der Waals surface area contributed by atoms with Crippen LogP contribution in [0, 0.1) is 24.0 Å². The van der Waals surface area contributed by atoms with Crippen LogP contribution in [-0.4, -0.2) is 11.8 Å². The molecule has 0 bridgehead atoms. The summed E-state index contributed by atoms with van der Waals surface area (Å²) in [6, 6.07) is 11.0. The summed E-state index contributed by atoms with van der Waals surface area (Å²) in [4.78, 5) is 24.8. The van der Waals surface area contributed by atoms with E-state index in [0.29, 0.717) is 19.4 Å². The van der Waals surface area contributed by atoms with Crippen molar-refractivity contribution in [3.05, 3.63) is 65.2 Å². The van der Waals surface area contributed by atoms with E-state index in [1.54, 1.807) is 0 Å². The molecule has 2 N–H and O–H groups in total. The minimum absolute atomic E-state index is 0.295. The summed E-state index contributed by atoms with van der Waals surface area (Å²) in [5.74, 6) is -2.85. The van der Waals surface area contributed by atoms with E-state index in [-0.39, 0.29) is 0 Å². The lowest BCUT2D eigenvalue weighted by Gasteiger charge is -2.16. The molecule has 0 aromatic heterocycles. The average Bonchev–Trinajstić information content (AvgIpc) is 3.38. The van der Waals surface area contributed by atoms with Crippen molar-refractivity contribution in [2.24, 2.45) is 5.41 Å². The molecule has 0 radical (unpaired) electrons. The molecule has 1 aliphatic carbocycles. The fourth-order valence-corrected chi connectivity index (χ4v) is 2.71. The first-order valence-corrected chi connectivity index (χ1v) is 8.02. The zero-order chi connectivity index (χ0) is 18.0. The largest absolute Gasteiger partial charge is 0.351 e. The number of halogens is 2. The molecule has 0 aliphatic heterocycles. The Balaban J connectivity index is 1.67. The molecule has 6 heteroatoms. The van der Waals surface area contributed by atoms with Gasteiger partial charge in [0.05, 0.1) is 0 Å². The molecule has 2 aromatic rings. The molecule has 25 heavy (non-hydrogen) atoms. The Morgan fingerprint density at radius 3 is 2.28 bits per heavy atom. The maximum atomic E-state index is 13.7. The van der Waals surface area contributed by atoms with Crippen LogP contribution in [0.4, 0.5) is 14.5 Å². The average molecular weight is 344 g/mol. The van der Waals surface area contributed by atoms with Crippen molar-refractivity contribution >= 4 is 17.5 Å². The van der Waals surface area contributed by atoms with Crippen LogP contribution in [0.1, 0.15) is 24.0 Å². The molecular formula is C19H18F2N2O2. The summed E-state index contributed by atoms with van der Waals surface area (Å²) in [6.45, 7) is 2.24. The Morgan fingerprint density at radius 2 is 1.68 bits per heavy atom. The van der Waals surface area contributed by atoms with Crippen LogP contribution in [-0.2, 0) is 16.1 Å². The summed E-state index contributed by atoms with van der Waals surface area (Å²) in [5, 5.41) is 4.96. The number of aryl methyl sites for hydroxylation is 1. The van der Waals surface area contributed by atoms with Crippen LogP contribution in [0.15, 0.2) is 42.5 Å². The first-order chi connectivity index (χ1) is 11.9. The van der Waals surface area contributed by atoms with Gasteiger partial charge < -0.3 is 10.6 Å². The van der Waals surface area contributed by atoms with Gasteiger partial charge in [-0.3, -0.25) is 9.59 Å². The van der Waals surface area contributed by atoms with E-state index in [9.17, 15) is 18.4 Å². The van der Waals surface area contributed by atoms with Crippen LogP contribution in [0.2, 0.25) is 0 Å². The van der Waals surface area contributed by atoms with Crippen LogP contribution in [0.3, 0.4) is 0 Å². The number of benzene rings is 2. The van der Waals surface area contributed by atoms with Gasteiger partial charge in [-0.05, 0) is 37.5 Å². The molecular weight excluding hydrogens is 326 g/mol. The molecule has 0 heterocycles. The Morgan fingerprint density at radius 1 is 1.04 bits per heavy atom. The number of hydrogen-bond acceptors (Lipinski definition) is 2. The number of carbonyl (C=O) groups excluding carboxylic acids is 2. The van der Waals surface area contributed by atoms with E-state index in [1.165, 1.54) is 6.07 Å². The molecule has 1 saturated carbocycles. The molecule has 0 spiro atoms. The highest BCUT2D eigenvalue weighted by Gasteiger charge is 2.56. The molecule has 0 saturated heterocycles. The number of para-hydroxylation sites is 1. The second-order valence-electron chi connectivity index (χ2n) is 6.30. The summed E-state index contributed by atoms with van der Waals surface area (Å²) < 4.78 is 27.3. The van der Waals surface area contributed by atoms with E-state index in [2.05, 4.69) is 10.6 Å². The highest BCUT2D eigenvalue weighted by Crippen LogP contribution is 2.47. The lowest BCUT2D eigenvalue weighted by molar-refractivity contribution is -0.134. The number of carbonyl (C=O) groups is 2. The van der Waals surface area contributed by atoms with E-state index in [0.717, 1.165) is 23.3 Å². The summed E-state index contributed by atoms with van der Waals surface area (Å²) in [6.07, 6.45) is 0.711. The Bertz CT molecular complexity index is 812. The van der Waals surface area contributed by atoms with Gasteiger partial charge in [-0.15, -0.1) is 0 Å². The van der Waals surface area contributed by atoms with Gasteiger partial charge >= 0.3 is 0 Å². The summed E-state index contributed by atoms with van der Waals surface area (Å²) >= 11 is 0. The highest BCUT2D eigenvalue weighted by atomic mass is 19.1. The lowest BCUT2D eigenvalue weighted by Crippen LogP contribution is -2.40. The van der Waals surface area contributed by atoms with Crippen molar-refractivity contribution < 1.29 is 18.4 Å². The quantitative estimate of drug-likeness (QED) is 0.818. The molecule has 130 valence electrons. The molecule has 2 aromatic carbocycles. The molecule has 1 aliphatic rings.